The Morgan fingerprint density at radius 3 is 2.60 bits per heavy atom. The molecule has 2 aliphatic rings. The molecule has 1 heterocycles. The number of fused-ring (bicyclic) bond motifs is 1. The number of hydrogen-bond donors (Lipinski definition) is 0. The summed E-state index contributed by atoms with van der Waals surface area (Å²) in [5.74, 6) is -0.737. The molecule has 0 radical (unpaired) electrons. The standard InChI is InChI=1S/C16H16ClNO2/c1-9-3-4-10(2)14(7-9)18-15(19)12-6-5-11(17)8-13(12)16(18)20/h3-5,7,12-13H,6,8H2,1-2H3/t12-,13+/m0/s1. The summed E-state index contributed by atoms with van der Waals surface area (Å²) >= 11 is 6.03. The van der Waals surface area contributed by atoms with Crippen molar-refractivity contribution in [2.75, 3.05) is 4.90 Å². The Bertz CT molecular complexity index is 635. The van der Waals surface area contributed by atoms with Crippen LogP contribution in [0.25, 0.3) is 0 Å². The molecule has 0 aromatic heterocycles. The number of nitrogens with zero attached hydrogens (tertiary/aromatic N) is 1. The molecule has 0 spiro atoms. The van der Waals surface area contributed by atoms with Gasteiger partial charge in [-0.1, -0.05) is 29.8 Å². The van der Waals surface area contributed by atoms with Crippen molar-refractivity contribution < 1.29 is 9.59 Å². The maximum absolute atomic E-state index is 12.6. The first-order valence-corrected chi connectivity index (χ1v) is 7.16. The van der Waals surface area contributed by atoms with Gasteiger partial charge in [0.25, 0.3) is 0 Å². The van der Waals surface area contributed by atoms with Crippen LogP contribution < -0.4 is 4.90 Å². The normalized spacial score (nSPS) is 25.8. The Morgan fingerprint density at radius 2 is 1.85 bits per heavy atom. The van der Waals surface area contributed by atoms with Gasteiger partial charge in [0.2, 0.25) is 11.8 Å². The first kappa shape index (κ1) is 13.4. The van der Waals surface area contributed by atoms with Crippen LogP contribution in [0.2, 0.25) is 0 Å². The Hall–Kier alpha value is -1.61. The third-order valence-electron chi connectivity index (χ3n) is 4.17. The topological polar surface area (TPSA) is 37.4 Å². The molecule has 1 fully saturated rings. The summed E-state index contributed by atoms with van der Waals surface area (Å²) in [6.07, 6.45) is 2.91. The van der Waals surface area contributed by atoms with Gasteiger partial charge in [-0.05, 0) is 43.9 Å². The summed E-state index contributed by atoms with van der Waals surface area (Å²) in [4.78, 5) is 26.5. The van der Waals surface area contributed by atoms with Crippen LogP contribution >= 0.6 is 11.6 Å². The number of anilines is 1. The van der Waals surface area contributed by atoms with Gasteiger partial charge in [0.05, 0.1) is 17.5 Å². The lowest BCUT2D eigenvalue weighted by molar-refractivity contribution is -0.122. The number of imide groups is 1. The minimum absolute atomic E-state index is 0.0888. The van der Waals surface area contributed by atoms with E-state index in [4.69, 9.17) is 11.6 Å². The molecule has 3 nitrogen and oxygen atoms in total. The number of aryl methyl sites for hydroxylation is 2. The predicted octanol–water partition coefficient (Wildman–Crippen LogP) is 3.33. The lowest BCUT2D eigenvalue weighted by Crippen LogP contribution is -2.31. The molecule has 2 amide bonds. The van der Waals surface area contributed by atoms with Crippen molar-refractivity contribution in [1.82, 2.24) is 0 Å². The van der Waals surface area contributed by atoms with Crippen molar-refractivity contribution in [3.8, 4) is 0 Å². The third-order valence-corrected chi connectivity index (χ3v) is 4.48. The number of halogens is 1. The van der Waals surface area contributed by atoms with E-state index in [1.165, 1.54) is 4.90 Å². The largest absolute Gasteiger partial charge is 0.274 e. The summed E-state index contributed by atoms with van der Waals surface area (Å²) < 4.78 is 0. The summed E-state index contributed by atoms with van der Waals surface area (Å²) in [5, 5.41) is 0.690. The Balaban J connectivity index is 2.02. The molecule has 0 N–H and O–H groups in total. The van der Waals surface area contributed by atoms with Crippen LogP contribution in [-0.4, -0.2) is 11.8 Å². The van der Waals surface area contributed by atoms with Crippen LogP contribution in [0.1, 0.15) is 24.0 Å². The Labute approximate surface area is 123 Å². The van der Waals surface area contributed by atoms with Gasteiger partial charge >= 0.3 is 0 Å². The van der Waals surface area contributed by atoms with Crippen molar-refractivity contribution in [1.29, 1.82) is 0 Å². The second-order valence-corrected chi connectivity index (χ2v) is 6.09. The van der Waals surface area contributed by atoms with Crippen LogP contribution in [0.5, 0.6) is 0 Å². The molecule has 20 heavy (non-hydrogen) atoms. The van der Waals surface area contributed by atoms with E-state index < -0.39 is 0 Å². The van der Waals surface area contributed by atoms with E-state index >= 15 is 0 Å². The maximum atomic E-state index is 12.6. The lowest BCUT2D eigenvalue weighted by atomic mass is 9.85. The van der Waals surface area contributed by atoms with Crippen molar-refractivity contribution in [3.05, 3.63) is 40.4 Å². The van der Waals surface area contributed by atoms with Crippen LogP contribution in [0, 0.1) is 25.7 Å². The molecule has 0 saturated carbocycles. The molecule has 1 aromatic rings. The molecule has 2 atom stereocenters. The van der Waals surface area contributed by atoms with Crippen molar-refractivity contribution >= 4 is 29.1 Å². The molecule has 1 saturated heterocycles. The van der Waals surface area contributed by atoms with Crippen molar-refractivity contribution in [2.45, 2.75) is 26.7 Å². The van der Waals surface area contributed by atoms with E-state index in [1.54, 1.807) is 0 Å². The fraction of sp³-hybridized carbons (Fsp3) is 0.375. The van der Waals surface area contributed by atoms with Gasteiger partial charge in [0, 0.05) is 5.03 Å². The average Bonchev–Trinajstić information content (AvgIpc) is 2.65. The molecule has 104 valence electrons. The second-order valence-electron chi connectivity index (χ2n) is 5.61. The zero-order valence-electron chi connectivity index (χ0n) is 11.5. The van der Waals surface area contributed by atoms with Gasteiger partial charge in [0.1, 0.15) is 0 Å². The molecule has 4 heteroatoms. The Kier molecular flexibility index (Phi) is 3.17. The molecule has 1 aliphatic carbocycles. The maximum Gasteiger partial charge on any atom is 0.238 e. The van der Waals surface area contributed by atoms with Gasteiger partial charge in [-0.2, -0.15) is 0 Å². The summed E-state index contributed by atoms with van der Waals surface area (Å²) in [6, 6.07) is 5.82. The van der Waals surface area contributed by atoms with Crippen LogP contribution in [0.3, 0.4) is 0 Å². The minimum Gasteiger partial charge on any atom is -0.274 e. The molecule has 0 bridgehead atoms. The van der Waals surface area contributed by atoms with Gasteiger partial charge in [0.15, 0.2) is 0 Å². The van der Waals surface area contributed by atoms with E-state index in [2.05, 4.69) is 0 Å². The number of carbonyl (C=O) groups is 2. The van der Waals surface area contributed by atoms with Gasteiger partial charge in [-0.15, -0.1) is 0 Å². The number of benzene rings is 1. The molecule has 1 aliphatic heterocycles. The van der Waals surface area contributed by atoms with Gasteiger partial charge in [-0.3, -0.25) is 9.59 Å². The van der Waals surface area contributed by atoms with E-state index in [0.29, 0.717) is 23.6 Å². The molecule has 0 unspecified atom stereocenters. The zero-order chi connectivity index (χ0) is 14.4. The molecule has 1 aromatic carbocycles. The minimum atomic E-state index is -0.292. The average molecular weight is 290 g/mol. The highest BCUT2D eigenvalue weighted by molar-refractivity contribution is 6.30. The zero-order valence-corrected chi connectivity index (χ0v) is 12.3. The first-order valence-electron chi connectivity index (χ1n) is 6.78. The highest BCUT2D eigenvalue weighted by Gasteiger charge is 2.49. The van der Waals surface area contributed by atoms with Gasteiger partial charge in [-0.25, -0.2) is 4.90 Å². The SMILES string of the molecule is Cc1ccc(C)c(N2C(=O)[C@H]3CC=C(Cl)C[C@H]3C2=O)c1. The fourth-order valence-electron chi connectivity index (χ4n) is 3.03. The highest BCUT2D eigenvalue weighted by atomic mass is 35.5. The number of rotatable bonds is 1. The summed E-state index contributed by atoms with van der Waals surface area (Å²) in [5.41, 5.74) is 2.69. The molecular weight excluding hydrogens is 274 g/mol. The Morgan fingerprint density at radius 1 is 1.15 bits per heavy atom. The third kappa shape index (κ3) is 1.97. The quantitative estimate of drug-likeness (QED) is 0.744. The number of amides is 2. The van der Waals surface area contributed by atoms with E-state index in [1.807, 2.05) is 38.1 Å². The molecule has 3 rings (SSSR count). The number of hydrogen-bond acceptors (Lipinski definition) is 2. The van der Waals surface area contributed by atoms with Crippen LogP contribution in [0.15, 0.2) is 29.3 Å². The monoisotopic (exact) mass is 289 g/mol. The van der Waals surface area contributed by atoms with Crippen LogP contribution in [-0.2, 0) is 9.59 Å². The van der Waals surface area contributed by atoms with E-state index in [9.17, 15) is 9.59 Å². The fourth-order valence-corrected chi connectivity index (χ4v) is 3.28. The summed E-state index contributed by atoms with van der Waals surface area (Å²) in [7, 11) is 0. The molecular formula is C16H16ClNO2. The van der Waals surface area contributed by atoms with Gasteiger partial charge < -0.3 is 0 Å². The van der Waals surface area contributed by atoms with Crippen molar-refractivity contribution in [3.63, 3.8) is 0 Å². The number of allylic oxidation sites excluding steroid dienone is 2. The van der Waals surface area contributed by atoms with Crippen molar-refractivity contribution in [2.24, 2.45) is 11.8 Å². The lowest BCUT2D eigenvalue weighted by Gasteiger charge is -2.18. The smallest absolute Gasteiger partial charge is 0.238 e. The first-order chi connectivity index (χ1) is 9.49. The predicted molar refractivity (Wildman–Crippen MR) is 78.6 cm³/mol. The summed E-state index contributed by atoms with van der Waals surface area (Å²) in [6.45, 7) is 3.88. The number of carbonyl (C=O) groups excluding carboxylic acids is 2. The second kappa shape index (κ2) is 4.74. The van der Waals surface area contributed by atoms with E-state index in [0.717, 1.165) is 11.1 Å². The van der Waals surface area contributed by atoms with E-state index in [-0.39, 0.29) is 23.7 Å². The van der Waals surface area contributed by atoms with Crippen LogP contribution in [0.4, 0.5) is 5.69 Å². The highest BCUT2D eigenvalue weighted by Crippen LogP contribution is 2.41.